The number of aryl methyl sites for hydroxylation is 1. The number of rotatable bonds is 2. The lowest BCUT2D eigenvalue weighted by molar-refractivity contribution is 0.628. The molecule has 18 heavy (non-hydrogen) atoms. The highest BCUT2D eigenvalue weighted by Crippen LogP contribution is 2.27. The maximum absolute atomic E-state index is 13.2. The fraction of sp³-hybridized carbons (Fsp3) is 0.286. The standard InChI is InChI=1S/C14H14ClFN2/c1-8(2)12-9(3)17-14(18-13(12)15)10-5-4-6-11(16)7-10/h4-8H,1-3H3. The molecule has 0 spiro atoms. The summed E-state index contributed by atoms with van der Waals surface area (Å²) in [5.74, 6) is 0.415. The monoisotopic (exact) mass is 264 g/mol. The van der Waals surface area contributed by atoms with Crippen molar-refractivity contribution in [2.24, 2.45) is 0 Å². The molecule has 4 heteroatoms. The zero-order valence-electron chi connectivity index (χ0n) is 10.5. The Labute approximate surface area is 111 Å². The van der Waals surface area contributed by atoms with Gasteiger partial charge < -0.3 is 0 Å². The van der Waals surface area contributed by atoms with Crippen LogP contribution in [-0.4, -0.2) is 9.97 Å². The van der Waals surface area contributed by atoms with E-state index in [-0.39, 0.29) is 11.7 Å². The summed E-state index contributed by atoms with van der Waals surface area (Å²) in [4.78, 5) is 8.66. The van der Waals surface area contributed by atoms with E-state index in [1.165, 1.54) is 12.1 Å². The molecule has 2 aromatic rings. The van der Waals surface area contributed by atoms with Crippen LogP contribution in [0.5, 0.6) is 0 Å². The van der Waals surface area contributed by atoms with Crippen LogP contribution in [0.2, 0.25) is 5.15 Å². The number of nitrogens with zero attached hydrogens (tertiary/aromatic N) is 2. The molecule has 0 aliphatic carbocycles. The molecule has 2 rings (SSSR count). The van der Waals surface area contributed by atoms with Crippen molar-refractivity contribution in [3.05, 3.63) is 46.5 Å². The van der Waals surface area contributed by atoms with Crippen molar-refractivity contribution in [2.45, 2.75) is 26.7 Å². The van der Waals surface area contributed by atoms with Crippen LogP contribution in [0.3, 0.4) is 0 Å². The molecular formula is C14H14ClFN2. The third-order valence-electron chi connectivity index (χ3n) is 2.75. The van der Waals surface area contributed by atoms with E-state index in [1.807, 2.05) is 20.8 Å². The quantitative estimate of drug-likeness (QED) is 0.753. The summed E-state index contributed by atoms with van der Waals surface area (Å²) in [6.45, 7) is 5.98. The van der Waals surface area contributed by atoms with E-state index >= 15 is 0 Å². The molecule has 1 heterocycles. The fourth-order valence-corrected chi connectivity index (χ4v) is 2.39. The molecule has 0 saturated carbocycles. The molecule has 0 amide bonds. The second kappa shape index (κ2) is 5.02. The Morgan fingerprint density at radius 2 is 1.94 bits per heavy atom. The van der Waals surface area contributed by atoms with Crippen molar-refractivity contribution >= 4 is 11.6 Å². The molecule has 0 radical (unpaired) electrons. The van der Waals surface area contributed by atoms with Crippen LogP contribution in [0.25, 0.3) is 11.4 Å². The van der Waals surface area contributed by atoms with E-state index in [4.69, 9.17) is 11.6 Å². The van der Waals surface area contributed by atoms with Crippen LogP contribution < -0.4 is 0 Å². The maximum Gasteiger partial charge on any atom is 0.161 e. The Morgan fingerprint density at radius 3 is 2.50 bits per heavy atom. The summed E-state index contributed by atoms with van der Waals surface area (Å²) in [6, 6.07) is 6.19. The first kappa shape index (κ1) is 13.0. The van der Waals surface area contributed by atoms with Crippen LogP contribution >= 0.6 is 11.6 Å². The average Bonchev–Trinajstić information content (AvgIpc) is 2.27. The summed E-state index contributed by atoms with van der Waals surface area (Å²) in [5.41, 5.74) is 2.41. The third-order valence-corrected chi connectivity index (χ3v) is 3.04. The van der Waals surface area contributed by atoms with Crippen molar-refractivity contribution in [2.75, 3.05) is 0 Å². The van der Waals surface area contributed by atoms with Gasteiger partial charge in [-0.3, -0.25) is 0 Å². The molecular weight excluding hydrogens is 251 g/mol. The van der Waals surface area contributed by atoms with Crippen LogP contribution in [0.4, 0.5) is 4.39 Å². The minimum absolute atomic E-state index is 0.263. The lowest BCUT2D eigenvalue weighted by atomic mass is 10.0. The van der Waals surface area contributed by atoms with Crippen LogP contribution in [-0.2, 0) is 0 Å². The highest BCUT2D eigenvalue weighted by atomic mass is 35.5. The Balaban J connectivity index is 2.55. The molecule has 0 N–H and O–H groups in total. The zero-order chi connectivity index (χ0) is 13.3. The van der Waals surface area contributed by atoms with Gasteiger partial charge in [0.1, 0.15) is 11.0 Å². The minimum atomic E-state index is -0.308. The third kappa shape index (κ3) is 2.51. The van der Waals surface area contributed by atoms with Crippen molar-refractivity contribution in [1.29, 1.82) is 0 Å². The van der Waals surface area contributed by atoms with E-state index < -0.39 is 0 Å². The first-order chi connectivity index (χ1) is 8.49. The highest BCUT2D eigenvalue weighted by molar-refractivity contribution is 6.30. The molecule has 0 saturated heterocycles. The summed E-state index contributed by atoms with van der Waals surface area (Å²) >= 11 is 6.17. The summed E-state index contributed by atoms with van der Waals surface area (Å²) in [7, 11) is 0. The zero-order valence-corrected chi connectivity index (χ0v) is 11.3. The van der Waals surface area contributed by atoms with E-state index in [2.05, 4.69) is 9.97 Å². The second-order valence-electron chi connectivity index (χ2n) is 4.50. The van der Waals surface area contributed by atoms with Gasteiger partial charge in [0.2, 0.25) is 0 Å². The van der Waals surface area contributed by atoms with Crippen LogP contribution in [0.1, 0.15) is 31.0 Å². The summed E-state index contributed by atoms with van der Waals surface area (Å²) in [6.07, 6.45) is 0. The smallest absolute Gasteiger partial charge is 0.161 e. The number of halogens is 2. The van der Waals surface area contributed by atoms with Gasteiger partial charge in [0, 0.05) is 16.8 Å². The average molecular weight is 265 g/mol. The van der Waals surface area contributed by atoms with E-state index in [1.54, 1.807) is 12.1 Å². The largest absolute Gasteiger partial charge is 0.233 e. The topological polar surface area (TPSA) is 25.8 Å². The van der Waals surface area contributed by atoms with Gasteiger partial charge in [0.25, 0.3) is 0 Å². The predicted octanol–water partition coefficient (Wildman–Crippen LogP) is 4.37. The Kier molecular flexibility index (Phi) is 3.62. The molecule has 0 bridgehead atoms. The van der Waals surface area contributed by atoms with Gasteiger partial charge in [0.15, 0.2) is 5.82 Å². The molecule has 0 aliphatic heterocycles. The van der Waals surface area contributed by atoms with Gasteiger partial charge in [-0.15, -0.1) is 0 Å². The van der Waals surface area contributed by atoms with Crippen molar-refractivity contribution in [1.82, 2.24) is 9.97 Å². The molecule has 1 aromatic carbocycles. The highest BCUT2D eigenvalue weighted by Gasteiger charge is 2.14. The van der Waals surface area contributed by atoms with E-state index in [0.717, 1.165) is 11.3 Å². The summed E-state index contributed by atoms with van der Waals surface area (Å²) < 4.78 is 13.2. The van der Waals surface area contributed by atoms with Gasteiger partial charge >= 0.3 is 0 Å². The van der Waals surface area contributed by atoms with Crippen LogP contribution in [0.15, 0.2) is 24.3 Å². The molecule has 1 aromatic heterocycles. The van der Waals surface area contributed by atoms with Crippen LogP contribution in [0, 0.1) is 12.7 Å². The molecule has 0 atom stereocenters. The van der Waals surface area contributed by atoms with Gasteiger partial charge in [-0.2, -0.15) is 0 Å². The SMILES string of the molecule is Cc1nc(-c2cccc(F)c2)nc(Cl)c1C(C)C. The molecule has 0 aliphatic rings. The van der Waals surface area contributed by atoms with E-state index in [9.17, 15) is 4.39 Å². The van der Waals surface area contributed by atoms with Crippen molar-refractivity contribution in [3.63, 3.8) is 0 Å². The van der Waals surface area contributed by atoms with Gasteiger partial charge in [-0.25, -0.2) is 14.4 Å². The maximum atomic E-state index is 13.2. The molecule has 0 fully saturated rings. The lowest BCUT2D eigenvalue weighted by Gasteiger charge is -2.12. The van der Waals surface area contributed by atoms with Crippen molar-refractivity contribution < 1.29 is 4.39 Å². The number of hydrogen-bond donors (Lipinski definition) is 0. The number of aromatic nitrogens is 2. The predicted molar refractivity (Wildman–Crippen MR) is 71.3 cm³/mol. The molecule has 0 unspecified atom stereocenters. The summed E-state index contributed by atoms with van der Waals surface area (Å²) in [5, 5.41) is 0.441. The molecule has 94 valence electrons. The Hall–Kier alpha value is -1.48. The normalized spacial score (nSPS) is 11.0. The lowest BCUT2D eigenvalue weighted by Crippen LogP contribution is -2.02. The minimum Gasteiger partial charge on any atom is -0.233 e. The van der Waals surface area contributed by atoms with E-state index in [0.29, 0.717) is 16.5 Å². The second-order valence-corrected chi connectivity index (χ2v) is 4.86. The van der Waals surface area contributed by atoms with Gasteiger partial charge in [0.05, 0.1) is 0 Å². The van der Waals surface area contributed by atoms with Gasteiger partial charge in [-0.05, 0) is 25.0 Å². The molecule has 2 nitrogen and oxygen atoms in total. The number of hydrogen-bond acceptors (Lipinski definition) is 2. The fourth-order valence-electron chi connectivity index (χ4n) is 1.96. The van der Waals surface area contributed by atoms with Gasteiger partial charge in [-0.1, -0.05) is 37.6 Å². The first-order valence-electron chi connectivity index (χ1n) is 5.79. The first-order valence-corrected chi connectivity index (χ1v) is 6.17. The number of benzene rings is 1. The Morgan fingerprint density at radius 1 is 1.22 bits per heavy atom. The Bertz CT molecular complexity index is 559. The van der Waals surface area contributed by atoms with Crippen molar-refractivity contribution in [3.8, 4) is 11.4 Å².